The number of hydrogen-bond acceptors (Lipinski definition) is 6. The van der Waals surface area contributed by atoms with E-state index in [2.05, 4.69) is 10.2 Å². The predicted octanol–water partition coefficient (Wildman–Crippen LogP) is 2.80. The number of likely N-dealkylation sites (tertiary alicyclic amines) is 1. The highest BCUT2D eigenvalue weighted by molar-refractivity contribution is 8.13. The van der Waals surface area contributed by atoms with E-state index in [1.807, 2.05) is 25.1 Å². The van der Waals surface area contributed by atoms with Gasteiger partial charge < -0.3 is 19.7 Å². The van der Waals surface area contributed by atoms with Gasteiger partial charge in [-0.1, -0.05) is 24.8 Å². The van der Waals surface area contributed by atoms with Crippen molar-refractivity contribution < 1.29 is 14.3 Å². The lowest BCUT2D eigenvalue weighted by molar-refractivity contribution is -0.124. The minimum Gasteiger partial charge on any atom is -0.454 e. The summed E-state index contributed by atoms with van der Waals surface area (Å²) in [5.74, 6) is 2.35. The van der Waals surface area contributed by atoms with E-state index in [0.717, 1.165) is 40.9 Å². The number of hydrogen-bond donors (Lipinski definition) is 1. The molecule has 0 aromatic heterocycles. The van der Waals surface area contributed by atoms with E-state index < -0.39 is 0 Å². The molecule has 0 aliphatic carbocycles. The van der Waals surface area contributed by atoms with Crippen LogP contribution in [0, 0.1) is 5.92 Å². The maximum Gasteiger partial charge on any atom is 0.231 e. The van der Waals surface area contributed by atoms with Gasteiger partial charge in [0.1, 0.15) is 0 Å². The number of ether oxygens (including phenoxy) is 2. The zero-order valence-electron chi connectivity index (χ0n) is 15.1. The van der Waals surface area contributed by atoms with E-state index in [-0.39, 0.29) is 24.7 Å². The minimum absolute atomic E-state index is 0.0637. The molecule has 7 heteroatoms. The van der Waals surface area contributed by atoms with E-state index in [1.165, 1.54) is 25.9 Å². The van der Waals surface area contributed by atoms with Crippen molar-refractivity contribution in [1.82, 2.24) is 10.2 Å². The van der Waals surface area contributed by atoms with Crippen LogP contribution in [0.5, 0.6) is 11.5 Å². The molecule has 0 spiro atoms. The van der Waals surface area contributed by atoms with Crippen molar-refractivity contribution >= 4 is 22.8 Å². The maximum atomic E-state index is 12.6. The van der Waals surface area contributed by atoms with Crippen molar-refractivity contribution in [2.24, 2.45) is 10.9 Å². The molecule has 140 valence electrons. The summed E-state index contributed by atoms with van der Waals surface area (Å²) in [6, 6.07) is 5.70. The molecule has 0 radical (unpaired) electrons. The van der Waals surface area contributed by atoms with Crippen molar-refractivity contribution in [3.8, 4) is 11.5 Å². The van der Waals surface area contributed by atoms with Gasteiger partial charge in [0.25, 0.3) is 0 Å². The summed E-state index contributed by atoms with van der Waals surface area (Å²) in [5, 5.41) is 3.73. The summed E-state index contributed by atoms with van der Waals surface area (Å²) >= 11 is 1.64. The van der Waals surface area contributed by atoms with Crippen LogP contribution in [0.15, 0.2) is 23.2 Å². The molecular formula is C19H25N3O3S. The number of amidine groups is 1. The first kappa shape index (κ1) is 17.7. The van der Waals surface area contributed by atoms with Crippen LogP contribution < -0.4 is 14.8 Å². The quantitative estimate of drug-likeness (QED) is 0.857. The topological polar surface area (TPSA) is 63.2 Å². The minimum atomic E-state index is -0.169. The van der Waals surface area contributed by atoms with Crippen LogP contribution >= 0.6 is 11.8 Å². The molecule has 1 aromatic rings. The van der Waals surface area contributed by atoms with Gasteiger partial charge in [-0.2, -0.15) is 0 Å². The van der Waals surface area contributed by atoms with E-state index in [0.29, 0.717) is 0 Å². The van der Waals surface area contributed by atoms with Crippen LogP contribution in [0.4, 0.5) is 0 Å². The summed E-state index contributed by atoms with van der Waals surface area (Å²) < 4.78 is 10.9. The summed E-state index contributed by atoms with van der Waals surface area (Å²) in [6.45, 7) is 5.72. The largest absolute Gasteiger partial charge is 0.454 e. The Hall–Kier alpha value is -1.73. The van der Waals surface area contributed by atoms with Gasteiger partial charge in [-0.25, -0.2) is 0 Å². The highest BCUT2D eigenvalue weighted by atomic mass is 32.2. The Labute approximate surface area is 158 Å². The second-order valence-electron chi connectivity index (χ2n) is 6.89. The fourth-order valence-corrected chi connectivity index (χ4v) is 4.66. The number of amides is 1. The van der Waals surface area contributed by atoms with Crippen molar-refractivity contribution in [3.05, 3.63) is 23.8 Å². The molecule has 0 saturated carbocycles. The van der Waals surface area contributed by atoms with Crippen LogP contribution in [0.2, 0.25) is 0 Å². The number of aliphatic imine (C=N–C) groups is 1. The van der Waals surface area contributed by atoms with Gasteiger partial charge in [0, 0.05) is 12.3 Å². The van der Waals surface area contributed by atoms with E-state index in [1.54, 1.807) is 11.8 Å². The first-order valence-corrected chi connectivity index (χ1v) is 10.4. The van der Waals surface area contributed by atoms with Crippen molar-refractivity contribution in [3.63, 3.8) is 0 Å². The fourth-order valence-electron chi connectivity index (χ4n) is 3.75. The molecule has 26 heavy (non-hydrogen) atoms. The molecule has 3 aliphatic heterocycles. The Morgan fingerprint density at radius 3 is 2.88 bits per heavy atom. The lowest BCUT2D eigenvalue weighted by Crippen LogP contribution is -2.41. The van der Waals surface area contributed by atoms with Gasteiger partial charge >= 0.3 is 0 Å². The standard InChI is InChI=1S/C19H25N3O3S/c1-2-14-17(13-5-6-15-16(11-13)25-12-24-15)20-19(21-18(14)23)26-10-9-22-7-3-4-8-22/h5-6,11,14,17H,2-4,7-10,12H2,1H3,(H,20,21,23). The molecule has 1 N–H and O–H groups in total. The predicted molar refractivity (Wildman–Crippen MR) is 103 cm³/mol. The van der Waals surface area contributed by atoms with Crippen LogP contribution in [0.25, 0.3) is 0 Å². The number of fused-ring (bicyclic) bond motifs is 1. The molecule has 1 saturated heterocycles. The van der Waals surface area contributed by atoms with Crippen LogP contribution in [-0.4, -0.2) is 48.2 Å². The second-order valence-corrected chi connectivity index (χ2v) is 7.98. The SMILES string of the molecule is CCC1C(=O)NC(SCCN2CCCC2)=NC1c1ccc2c(c1)OCO2. The van der Waals surface area contributed by atoms with Gasteiger partial charge in [0.15, 0.2) is 16.7 Å². The molecule has 4 rings (SSSR count). The number of nitrogens with one attached hydrogen (secondary N) is 1. The molecule has 2 atom stereocenters. The van der Waals surface area contributed by atoms with E-state index in [4.69, 9.17) is 14.5 Å². The monoisotopic (exact) mass is 375 g/mol. The Morgan fingerprint density at radius 1 is 1.27 bits per heavy atom. The van der Waals surface area contributed by atoms with Crippen molar-refractivity contribution in [2.75, 3.05) is 32.2 Å². The normalized spacial score (nSPS) is 25.3. The highest BCUT2D eigenvalue weighted by Crippen LogP contribution is 2.39. The van der Waals surface area contributed by atoms with Gasteiger partial charge in [0.05, 0.1) is 12.0 Å². The average molecular weight is 375 g/mol. The van der Waals surface area contributed by atoms with Gasteiger partial charge in [-0.05, 0) is 50.0 Å². The lowest BCUT2D eigenvalue weighted by atomic mass is 9.89. The van der Waals surface area contributed by atoms with Gasteiger partial charge in [-0.15, -0.1) is 0 Å². The van der Waals surface area contributed by atoms with Crippen LogP contribution in [0.3, 0.4) is 0 Å². The molecule has 6 nitrogen and oxygen atoms in total. The number of thioether (sulfide) groups is 1. The summed E-state index contributed by atoms with van der Waals surface area (Å²) in [6.07, 6.45) is 3.35. The van der Waals surface area contributed by atoms with Crippen LogP contribution in [-0.2, 0) is 4.79 Å². The van der Waals surface area contributed by atoms with E-state index >= 15 is 0 Å². The first-order chi connectivity index (χ1) is 12.7. The molecule has 1 amide bonds. The third kappa shape index (κ3) is 3.69. The molecular weight excluding hydrogens is 350 g/mol. The second kappa shape index (κ2) is 7.88. The molecule has 1 fully saturated rings. The lowest BCUT2D eigenvalue weighted by Gasteiger charge is -2.28. The zero-order valence-corrected chi connectivity index (χ0v) is 15.9. The summed E-state index contributed by atoms with van der Waals surface area (Å²) in [4.78, 5) is 20.0. The highest BCUT2D eigenvalue weighted by Gasteiger charge is 2.34. The van der Waals surface area contributed by atoms with Crippen molar-refractivity contribution in [1.29, 1.82) is 0 Å². The molecule has 3 heterocycles. The van der Waals surface area contributed by atoms with Crippen LogP contribution in [0.1, 0.15) is 37.8 Å². The molecule has 0 bridgehead atoms. The summed E-state index contributed by atoms with van der Waals surface area (Å²) in [7, 11) is 0. The number of nitrogens with zero attached hydrogens (tertiary/aromatic N) is 2. The van der Waals surface area contributed by atoms with Gasteiger partial charge in [0.2, 0.25) is 12.7 Å². The third-order valence-corrected chi connectivity index (χ3v) is 6.09. The molecule has 3 aliphatic rings. The number of carbonyl (C=O) groups is 1. The molecule has 2 unspecified atom stereocenters. The average Bonchev–Trinajstić information content (AvgIpc) is 3.32. The Bertz CT molecular complexity index is 703. The zero-order chi connectivity index (χ0) is 17.9. The first-order valence-electron chi connectivity index (χ1n) is 9.38. The summed E-state index contributed by atoms with van der Waals surface area (Å²) in [5.41, 5.74) is 1.01. The van der Waals surface area contributed by atoms with Gasteiger partial charge in [-0.3, -0.25) is 9.79 Å². The Balaban J connectivity index is 1.49. The fraction of sp³-hybridized carbons (Fsp3) is 0.579. The maximum absolute atomic E-state index is 12.6. The number of benzene rings is 1. The van der Waals surface area contributed by atoms with E-state index in [9.17, 15) is 4.79 Å². The Morgan fingerprint density at radius 2 is 2.08 bits per heavy atom. The molecule has 1 aromatic carbocycles. The number of rotatable bonds is 5. The Kier molecular flexibility index (Phi) is 5.36. The number of carbonyl (C=O) groups excluding carboxylic acids is 1. The van der Waals surface area contributed by atoms with Crippen molar-refractivity contribution in [2.45, 2.75) is 32.2 Å². The third-order valence-electron chi connectivity index (χ3n) is 5.23. The smallest absolute Gasteiger partial charge is 0.231 e.